The molecule has 0 aliphatic carbocycles. The van der Waals surface area contributed by atoms with Crippen molar-refractivity contribution in [3.05, 3.63) is 90.4 Å². The Hall–Kier alpha value is -3.81. The van der Waals surface area contributed by atoms with Crippen LogP contribution >= 0.6 is 11.6 Å². The van der Waals surface area contributed by atoms with Gasteiger partial charge < -0.3 is 15.5 Å². The summed E-state index contributed by atoms with van der Waals surface area (Å²) in [7, 11) is 1.90. The zero-order chi connectivity index (χ0) is 27.1. The highest BCUT2D eigenvalue weighted by Crippen LogP contribution is 2.38. The van der Waals surface area contributed by atoms with E-state index in [-0.39, 0.29) is 11.3 Å². The molecule has 3 heterocycles. The van der Waals surface area contributed by atoms with Crippen molar-refractivity contribution in [2.75, 3.05) is 30.4 Å². The standard InChI is InChI=1S/C30H33ClN6O/c1-5-7-9-21(6-2)22-10-8-11-23(16-22)27-26(31)20-34-29(36-27)35-24-17-25(19-33-18-24)37-15-13-30(3,28(37)38)12-14-32-4/h5-11,16-20,32H,1,12-15H2,2-4H3,(H,34,35,36)/b9-7-,21-6+. The Balaban J connectivity index is 1.57. The minimum atomic E-state index is -0.372. The first-order valence-corrected chi connectivity index (χ1v) is 13.0. The van der Waals surface area contributed by atoms with E-state index in [1.54, 1.807) is 24.7 Å². The first-order valence-electron chi connectivity index (χ1n) is 12.7. The largest absolute Gasteiger partial charge is 0.323 e. The predicted molar refractivity (Wildman–Crippen MR) is 157 cm³/mol. The number of allylic oxidation sites excluding steroid dienone is 5. The van der Waals surface area contributed by atoms with E-state index >= 15 is 0 Å². The first kappa shape index (κ1) is 27.2. The van der Waals surface area contributed by atoms with E-state index in [0.717, 1.165) is 41.8 Å². The van der Waals surface area contributed by atoms with Crippen molar-refractivity contribution in [2.45, 2.75) is 26.7 Å². The molecule has 1 saturated heterocycles. The fourth-order valence-electron chi connectivity index (χ4n) is 4.55. The van der Waals surface area contributed by atoms with Crippen molar-refractivity contribution in [1.29, 1.82) is 0 Å². The van der Waals surface area contributed by atoms with Gasteiger partial charge in [-0.2, -0.15) is 0 Å². The molecule has 7 nitrogen and oxygen atoms in total. The van der Waals surface area contributed by atoms with Gasteiger partial charge in [-0.1, -0.05) is 67.6 Å². The number of hydrogen-bond acceptors (Lipinski definition) is 6. The van der Waals surface area contributed by atoms with Crippen molar-refractivity contribution < 1.29 is 4.79 Å². The summed E-state index contributed by atoms with van der Waals surface area (Å²) >= 11 is 6.52. The quantitative estimate of drug-likeness (QED) is 0.295. The van der Waals surface area contributed by atoms with Crippen molar-refractivity contribution >= 4 is 40.4 Å². The van der Waals surface area contributed by atoms with Crippen molar-refractivity contribution in [1.82, 2.24) is 20.3 Å². The number of rotatable bonds is 10. The molecule has 2 aromatic heterocycles. The molecule has 1 unspecified atom stereocenters. The Kier molecular flexibility index (Phi) is 8.71. The Labute approximate surface area is 229 Å². The van der Waals surface area contributed by atoms with Gasteiger partial charge >= 0.3 is 0 Å². The number of carbonyl (C=O) groups excluding carboxylic acids is 1. The molecule has 2 N–H and O–H groups in total. The highest BCUT2D eigenvalue weighted by molar-refractivity contribution is 6.32. The first-order chi connectivity index (χ1) is 18.4. The Bertz CT molecular complexity index is 1380. The smallest absolute Gasteiger partial charge is 0.233 e. The summed E-state index contributed by atoms with van der Waals surface area (Å²) in [4.78, 5) is 28.4. The van der Waals surface area contributed by atoms with Gasteiger partial charge in [-0.15, -0.1) is 0 Å². The normalized spacial score (nSPS) is 17.8. The van der Waals surface area contributed by atoms with E-state index < -0.39 is 0 Å². The van der Waals surface area contributed by atoms with Crippen LogP contribution in [0.5, 0.6) is 0 Å². The number of nitrogens with one attached hydrogen (secondary N) is 2. The van der Waals surface area contributed by atoms with E-state index in [2.05, 4.69) is 27.2 Å². The predicted octanol–water partition coefficient (Wildman–Crippen LogP) is 6.43. The van der Waals surface area contributed by atoms with Gasteiger partial charge in [0.2, 0.25) is 11.9 Å². The van der Waals surface area contributed by atoms with Crippen LogP contribution in [0.2, 0.25) is 5.02 Å². The zero-order valence-electron chi connectivity index (χ0n) is 22.0. The number of nitrogens with zero attached hydrogens (tertiary/aromatic N) is 4. The number of aromatic nitrogens is 3. The molecule has 1 aromatic carbocycles. The van der Waals surface area contributed by atoms with Gasteiger partial charge in [0, 0.05) is 17.5 Å². The number of pyridine rings is 1. The van der Waals surface area contributed by atoms with Gasteiger partial charge in [-0.3, -0.25) is 9.78 Å². The van der Waals surface area contributed by atoms with Crippen LogP contribution in [0.25, 0.3) is 16.8 Å². The second-order valence-corrected chi connectivity index (χ2v) is 9.89. The molecule has 1 fully saturated rings. The molecule has 4 rings (SSSR count). The second kappa shape index (κ2) is 12.2. The van der Waals surface area contributed by atoms with Gasteiger partial charge in [-0.25, -0.2) is 9.97 Å². The van der Waals surface area contributed by atoms with Crippen LogP contribution in [0, 0.1) is 5.41 Å². The molecule has 0 saturated carbocycles. The van der Waals surface area contributed by atoms with Crippen molar-refractivity contribution in [3.8, 4) is 11.3 Å². The third kappa shape index (κ3) is 6.01. The van der Waals surface area contributed by atoms with Crippen LogP contribution in [0.4, 0.5) is 17.3 Å². The number of hydrogen-bond donors (Lipinski definition) is 2. The van der Waals surface area contributed by atoms with E-state index in [9.17, 15) is 4.79 Å². The molecule has 1 amide bonds. The monoisotopic (exact) mass is 528 g/mol. The van der Waals surface area contributed by atoms with Crippen LogP contribution in [0.15, 0.2) is 79.8 Å². The van der Waals surface area contributed by atoms with Crippen LogP contribution in [0.3, 0.4) is 0 Å². The number of carbonyl (C=O) groups is 1. The van der Waals surface area contributed by atoms with Gasteiger partial charge in [-0.05, 0) is 56.6 Å². The van der Waals surface area contributed by atoms with Crippen molar-refractivity contribution in [3.63, 3.8) is 0 Å². The van der Waals surface area contributed by atoms with Crippen LogP contribution < -0.4 is 15.5 Å². The Morgan fingerprint density at radius 2 is 2.11 bits per heavy atom. The molecule has 0 radical (unpaired) electrons. The van der Waals surface area contributed by atoms with Crippen LogP contribution in [-0.2, 0) is 4.79 Å². The summed E-state index contributed by atoms with van der Waals surface area (Å²) in [6.07, 6.45) is 14.3. The summed E-state index contributed by atoms with van der Waals surface area (Å²) in [6.45, 7) is 9.25. The molecule has 38 heavy (non-hydrogen) atoms. The lowest BCUT2D eigenvalue weighted by atomic mass is 9.85. The number of benzene rings is 1. The number of anilines is 3. The van der Waals surface area contributed by atoms with Crippen LogP contribution in [0.1, 0.15) is 32.3 Å². The minimum Gasteiger partial charge on any atom is -0.323 e. The molecule has 1 aliphatic rings. The lowest BCUT2D eigenvalue weighted by molar-refractivity contribution is -0.125. The Morgan fingerprint density at radius 3 is 2.87 bits per heavy atom. The highest BCUT2D eigenvalue weighted by Gasteiger charge is 2.42. The van der Waals surface area contributed by atoms with Gasteiger partial charge in [0.25, 0.3) is 0 Å². The minimum absolute atomic E-state index is 0.125. The average molecular weight is 529 g/mol. The number of amides is 1. The molecule has 0 spiro atoms. The van der Waals surface area contributed by atoms with E-state index in [1.165, 1.54) is 0 Å². The molecule has 196 valence electrons. The highest BCUT2D eigenvalue weighted by atomic mass is 35.5. The molecular weight excluding hydrogens is 496 g/mol. The summed E-state index contributed by atoms with van der Waals surface area (Å²) in [5.41, 5.74) is 4.67. The lowest BCUT2D eigenvalue weighted by Gasteiger charge is -2.23. The summed E-state index contributed by atoms with van der Waals surface area (Å²) in [5.74, 6) is 0.512. The second-order valence-electron chi connectivity index (χ2n) is 9.49. The van der Waals surface area contributed by atoms with E-state index in [0.29, 0.717) is 28.9 Å². The Morgan fingerprint density at radius 1 is 1.26 bits per heavy atom. The third-order valence-corrected chi connectivity index (χ3v) is 7.08. The maximum Gasteiger partial charge on any atom is 0.233 e. The van der Waals surface area contributed by atoms with E-state index in [4.69, 9.17) is 16.6 Å². The van der Waals surface area contributed by atoms with Gasteiger partial charge in [0.1, 0.15) is 0 Å². The van der Waals surface area contributed by atoms with Gasteiger partial charge in [0.05, 0.1) is 40.7 Å². The zero-order valence-corrected chi connectivity index (χ0v) is 22.8. The third-order valence-electron chi connectivity index (χ3n) is 6.80. The van der Waals surface area contributed by atoms with Gasteiger partial charge in [0.15, 0.2) is 0 Å². The fraction of sp³-hybridized carbons (Fsp3) is 0.267. The topological polar surface area (TPSA) is 83.0 Å². The van der Waals surface area contributed by atoms with E-state index in [1.807, 2.05) is 74.4 Å². The molecule has 1 atom stereocenters. The lowest BCUT2D eigenvalue weighted by Crippen LogP contribution is -2.34. The summed E-state index contributed by atoms with van der Waals surface area (Å²) < 4.78 is 0. The maximum absolute atomic E-state index is 13.2. The molecular formula is C30H33ClN6O. The number of halogens is 1. The maximum atomic E-state index is 13.2. The summed E-state index contributed by atoms with van der Waals surface area (Å²) in [5, 5.41) is 6.82. The van der Waals surface area contributed by atoms with Crippen LogP contribution in [-0.4, -0.2) is 41.0 Å². The van der Waals surface area contributed by atoms with Crippen molar-refractivity contribution in [2.24, 2.45) is 5.41 Å². The molecule has 3 aromatic rings. The average Bonchev–Trinajstić information content (AvgIpc) is 3.23. The SMILES string of the molecule is C=C/C=C\C(=C/C)c1cccc(-c2nc(Nc3cncc(N4CCC(C)(CCNC)C4=O)c3)ncc2Cl)c1. The molecule has 8 heteroatoms. The summed E-state index contributed by atoms with van der Waals surface area (Å²) in [6, 6.07) is 9.94. The molecule has 0 bridgehead atoms. The molecule has 1 aliphatic heterocycles. The fourth-order valence-corrected chi connectivity index (χ4v) is 4.75.